The zero-order valence-electron chi connectivity index (χ0n) is 13.0. The van der Waals surface area contributed by atoms with Crippen LogP contribution in [0.5, 0.6) is 0 Å². The number of carbonyl (C=O) groups excluding carboxylic acids is 1. The van der Waals surface area contributed by atoms with Crippen LogP contribution in [0.3, 0.4) is 0 Å². The number of hydrogen-bond donors (Lipinski definition) is 3. The third-order valence-electron chi connectivity index (χ3n) is 4.69. The van der Waals surface area contributed by atoms with Gasteiger partial charge < -0.3 is 5.11 Å². The van der Waals surface area contributed by atoms with Gasteiger partial charge in [0.1, 0.15) is 0 Å². The Hall–Kier alpha value is -2.19. The van der Waals surface area contributed by atoms with Gasteiger partial charge in [0, 0.05) is 0 Å². The predicted octanol–water partition coefficient (Wildman–Crippen LogP) is 0.827. The first-order valence-electron chi connectivity index (χ1n) is 7.59. The van der Waals surface area contributed by atoms with E-state index in [1.807, 2.05) is 23.9 Å². The molecule has 0 aromatic heterocycles. The van der Waals surface area contributed by atoms with Gasteiger partial charge in [0.25, 0.3) is 10.0 Å². The number of fused-ring (bicyclic) bond motifs is 2. The number of benzene rings is 1. The summed E-state index contributed by atoms with van der Waals surface area (Å²) in [4.78, 5) is 25.8. The normalized spacial score (nSPS) is 28.0. The fourth-order valence-electron chi connectivity index (χ4n) is 3.49. The number of aliphatic carboxylic acids is 1. The fraction of sp³-hybridized carbons (Fsp3) is 0.375. The summed E-state index contributed by atoms with van der Waals surface area (Å²) in [5, 5.41) is 9.33. The number of allylic oxidation sites excluding steroid dienone is 2. The van der Waals surface area contributed by atoms with Crippen LogP contribution in [0.25, 0.3) is 0 Å². The number of nitrogens with one attached hydrogen (secondary N) is 2. The lowest BCUT2D eigenvalue weighted by atomic mass is 9.82. The zero-order chi connectivity index (χ0) is 17.5. The Bertz CT molecular complexity index is 800. The SMILES string of the molecule is Cc1ccc(S(=O)(=O)NNC(=O)C2C3C=CC(C3)C2C(=O)O)cc1. The van der Waals surface area contributed by atoms with Crippen LogP contribution in [0.1, 0.15) is 12.0 Å². The maximum atomic E-state index is 12.3. The molecule has 4 unspecified atom stereocenters. The molecule has 8 heteroatoms. The predicted molar refractivity (Wildman–Crippen MR) is 85.0 cm³/mol. The molecule has 0 heterocycles. The molecule has 0 saturated heterocycles. The highest BCUT2D eigenvalue weighted by atomic mass is 32.2. The van der Waals surface area contributed by atoms with E-state index in [0.29, 0.717) is 6.42 Å². The van der Waals surface area contributed by atoms with Crippen molar-refractivity contribution in [2.24, 2.45) is 23.7 Å². The van der Waals surface area contributed by atoms with Crippen molar-refractivity contribution in [2.45, 2.75) is 18.2 Å². The minimum absolute atomic E-state index is 0.0241. The number of hydrogen-bond acceptors (Lipinski definition) is 4. The number of sulfonamides is 1. The van der Waals surface area contributed by atoms with E-state index in [1.54, 1.807) is 12.1 Å². The Kier molecular flexibility index (Phi) is 4.18. The molecule has 3 N–H and O–H groups in total. The van der Waals surface area contributed by atoms with E-state index in [0.717, 1.165) is 5.56 Å². The van der Waals surface area contributed by atoms with Gasteiger partial charge in [-0.1, -0.05) is 29.8 Å². The van der Waals surface area contributed by atoms with E-state index in [-0.39, 0.29) is 16.7 Å². The van der Waals surface area contributed by atoms with Crippen LogP contribution in [0, 0.1) is 30.6 Å². The van der Waals surface area contributed by atoms with E-state index in [2.05, 4.69) is 5.43 Å². The summed E-state index contributed by atoms with van der Waals surface area (Å²) in [6.45, 7) is 1.83. The molecular weight excluding hydrogens is 332 g/mol. The lowest BCUT2D eigenvalue weighted by Gasteiger charge is -2.23. The van der Waals surface area contributed by atoms with Gasteiger partial charge >= 0.3 is 5.97 Å². The van der Waals surface area contributed by atoms with Gasteiger partial charge in [0.05, 0.1) is 16.7 Å². The van der Waals surface area contributed by atoms with Crippen LogP contribution in [0.2, 0.25) is 0 Å². The highest BCUT2D eigenvalue weighted by Gasteiger charge is 2.51. The van der Waals surface area contributed by atoms with Gasteiger partial charge in [0.15, 0.2) is 0 Å². The van der Waals surface area contributed by atoms with Crippen molar-refractivity contribution in [3.05, 3.63) is 42.0 Å². The lowest BCUT2D eigenvalue weighted by Crippen LogP contribution is -2.48. The molecule has 7 nitrogen and oxygen atoms in total. The number of aryl methyl sites for hydroxylation is 1. The minimum atomic E-state index is -3.90. The van der Waals surface area contributed by atoms with Crippen molar-refractivity contribution in [1.82, 2.24) is 10.3 Å². The molecule has 2 aliphatic rings. The molecule has 0 radical (unpaired) electrons. The maximum absolute atomic E-state index is 12.3. The van der Waals surface area contributed by atoms with Crippen LogP contribution in [0.4, 0.5) is 0 Å². The first kappa shape index (κ1) is 16.7. The summed E-state index contributed by atoms with van der Waals surface area (Å²) in [6.07, 6.45) is 4.27. The molecule has 2 aliphatic carbocycles. The monoisotopic (exact) mass is 350 g/mol. The molecule has 24 heavy (non-hydrogen) atoms. The second-order valence-corrected chi connectivity index (χ2v) is 7.93. The molecule has 1 aromatic rings. The molecule has 2 bridgehead atoms. The van der Waals surface area contributed by atoms with E-state index in [9.17, 15) is 23.1 Å². The molecular formula is C16H18N2O5S. The Morgan fingerprint density at radius 2 is 1.67 bits per heavy atom. The first-order chi connectivity index (χ1) is 11.3. The van der Waals surface area contributed by atoms with Crippen molar-refractivity contribution < 1.29 is 23.1 Å². The summed E-state index contributed by atoms with van der Waals surface area (Å²) in [6, 6.07) is 6.17. The fourth-order valence-corrected chi connectivity index (χ4v) is 4.34. The number of amides is 1. The van der Waals surface area contributed by atoms with Crippen LogP contribution in [-0.4, -0.2) is 25.4 Å². The Labute approximate surface area is 139 Å². The molecule has 128 valence electrons. The maximum Gasteiger partial charge on any atom is 0.307 e. The molecule has 0 aliphatic heterocycles. The van der Waals surface area contributed by atoms with Gasteiger partial charge in [-0.15, -0.1) is 4.83 Å². The van der Waals surface area contributed by atoms with Crippen LogP contribution < -0.4 is 10.3 Å². The number of hydrazine groups is 1. The van der Waals surface area contributed by atoms with E-state index >= 15 is 0 Å². The summed E-state index contributed by atoms with van der Waals surface area (Å²) in [5.41, 5.74) is 3.09. The van der Waals surface area contributed by atoms with E-state index in [1.165, 1.54) is 12.1 Å². The molecule has 3 rings (SSSR count). The molecule has 1 fully saturated rings. The number of carboxylic acids is 1. The Morgan fingerprint density at radius 3 is 2.25 bits per heavy atom. The van der Waals surface area contributed by atoms with E-state index < -0.39 is 33.7 Å². The summed E-state index contributed by atoms with van der Waals surface area (Å²) in [5.74, 6) is -3.57. The van der Waals surface area contributed by atoms with Crippen LogP contribution in [-0.2, 0) is 19.6 Å². The van der Waals surface area contributed by atoms with Gasteiger partial charge in [-0.3, -0.25) is 15.0 Å². The van der Waals surface area contributed by atoms with Crippen molar-refractivity contribution in [3.8, 4) is 0 Å². The highest BCUT2D eigenvalue weighted by molar-refractivity contribution is 7.89. The van der Waals surface area contributed by atoms with Crippen molar-refractivity contribution in [1.29, 1.82) is 0 Å². The topological polar surface area (TPSA) is 113 Å². The quantitative estimate of drug-likeness (QED) is 0.538. The number of rotatable bonds is 5. The number of carbonyl (C=O) groups is 2. The van der Waals surface area contributed by atoms with Crippen molar-refractivity contribution in [2.75, 3.05) is 0 Å². The summed E-state index contributed by atoms with van der Waals surface area (Å²) < 4.78 is 24.4. The van der Waals surface area contributed by atoms with Gasteiger partial charge in [-0.25, -0.2) is 8.42 Å². The van der Waals surface area contributed by atoms with Crippen LogP contribution >= 0.6 is 0 Å². The minimum Gasteiger partial charge on any atom is -0.481 e. The second-order valence-electron chi connectivity index (χ2n) is 6.25. The van der Waals surface area contributed by atoms with Crippen molar-refractivity contribution >= 4 is 21.9 Å². The van der Waals surface area contributed by atoms with Crippen LogP contribution in [0.15, 0.2) is 41.3 Å². The Morgan fingerprint density at radius 1 is 1.08 bits per heavy atom. The van der Waals surface area contributed by atoms with Gasteiger partial charge in [-0.05, 0) is 37.3 Å². The molecule has 1 saturated carbocycles. The number of carboxylic acid groups (broad SMARTS) is 1. The third kappa shape index (κ3) is 2.94. The molecule has 0 spiro atoms. The average molecular weight is 350 g/mol. The van der Waals surface area contributed by atoms with E-state index in [4.69, 9.17) is 0 Å². The van der Waals surface area contributed by atoms with Crippen molar-refractivity contribution in [3.63, 3.8) is 0 Å². The third-order valence-corrected chi connectivity index (χ3v) is 5.95. The smallest absolute Gasteiger partial charge is 0.307 e. The summed E-state index contributed by atoms with van der Waals surface area (Å²) in [7, 11) is -3.90. The largest absolute Gasteiger partial charge is 0.481 e. The lowest BCUT2D eigenvalue weighted by molar-refractivity contribution is -0.147. The second kappa shape index (κ2) is 6.03. The van der Waals surface area contributed by atoms with Gasteiger partial charge in [0.2, 0.25) is 5.91 Å². The molecule has 4 atom stereocenters. The van der Waals surface area contributed by atoms with Gasteiger partial charge in [-0.2, -0.15) is 0 Å². The summed E-state index contributed by atoms with van der Waals surface area (Å²) >= 11 is 0. The zero-order valence-corrected chi connectivity index (χ0v) is 13.8. The molecule has 1 amide bonds. The molecule has 1 aromatic carbocycles. The standard InChI is InChI=1S/C16H18N2O5S/c1-9-2-6-12(7-3-9)24(22,23)18-17-15(19)13-10-4-5-11(8-10)14(13)16(20)21/h2-7,10-11,13-14,18H,8H2,1H3,(H,17,19)(H,20,21). The first-order valence-corrected chi connectivity index (χ1v) is 9.07. The highest BCUT2D eigenvalue weighted by Crippen LogP contribution is 2.48. The average Bonchev–Trinajstić information content (AvgIpc) is 3.14. The Balaban J connectivity index is 1.70.